The Balaban J connectivity index is 1.74. The Hall–Kier alpha value is -2.47. The number of ether oxygens (including phenoxy) is 2. The first-order valence-corrected chi connectivity index (χ1v) is 7.61. The van der Waals surface area contributed by atoms with Gasteiger partial charge in [0.15, 0.2) is 0 Å². The van der Waals surface area contributed by atoms with E-state index in [2.05, 4.69) is 0 Å². The predicted octanol–water partition coefficient (Wildman–Crippen LogP) is 1.31. The molecule has 118 valence electrons. The van der Waals surface area contributed by atoms with E-state index in [1.54, 1.807) is 31.2 Å². The number of benzene rings is 1. The molecule has 1 aromatic carbocycles. The summed E-state index contributed by atoms with van der Waals surface area (Å²) in [5.74, 6) is -2.15. The highest BCUT2D eigenvalue weighted by Crippen LogP contribution is 2.46. The number of carbonyl (C=O) groups is 3. The molecule has 0 unspecified atom stereocenters. The number of nitrogens with zero attached hydrogens (tertiary/aromatic N) is 1. The summed E-state index contributed by atoms with van der Waals surface area (Å²) in [5.41, 5.74) is 0.506. The van der Waals surface area contributed by atoms with Crippen molar-refractivity contribution in [1.82, 2.24) is 0 Å². The lowest BCUT2D eigenvalue weighted by Crippen LogP contribution is -2.35. The Bertz CT molecular complexity index is 710. The Morgan fingerprint density at radius 1 is 1.13 bits per heavy atom. The van der Waals surface area contributed by atoms with Crippen LogP contribution in [0.15, 0.2) is 36.4 Å². The quantitative estimate of drug-likeness (QED) is 0.478. The molecule has 6 heteroatoms. The maximum atomic E-state index is 12.8. The number of para-hydroxylation sites is 1. The summed E-state index contributed by atoms with van der Waals surface area (Å²) in [7, 11) is 0. The molecule has 2 amide bonds. The van der Waals surface area contributed by atoms with Crippen molar-refractivity contribution >= 4 is 23.5 Å². The van der Waals surface area contributed by atoms with E-state index in [4.69, 9.17) is 9.47 Å². The van der Waals surface area contributed by atoms with Crippen molar-refractivity contribution in [2.75, 3.05) is 11.5 Å². The largest absolute Gasteiger partial charge is 0.462 e. The van der Waals surface area contributed by atoms with E-state index in [1.165, 1.54) is 0 Å². The van der Waals surface area contributed by atoms with E-state index in [-0.39, 0.29) is 41.9 Å². The number of fused-ring (bicyclic) bond motifs is 5. The predicted molar refractivity (Wildman–Crippen MR) is 79.7 cm³/mol. The molecule has 2 saturated heterocycles. The highest BCUT2D eigenvalue weighted by molar-refractivity contribution is 6.24. The Labute approximate surface area is 132 Å². The number of esters is 1. The van der Waals surface area contributed by atoms with Crippen LogP contribution in [0.4, 0.5) is 5.69 Å². The van der Waals surface area contributed by atoms with E-state index in [0.717, 1.165) is 4.90 Å². The van der Waals surface area contributed by atoms with Gasteiger partial charge in [0, 0.05) is 0 Å². The Kier molecular flexibility index (Phi) is 3.09. The van der Waals surface area contributed by atoms with Crippen LogP contribution in [-0.4, -0.2) is 36.6 Å². The fourth-order valence-electron chi connectivity index (χ4n) is 3.59. The fraction of sp³-hybridized carbons (Fsp3) is 0.353. The standard InChI is InChI=1S/C17H15NO5/c1-2-22-17(21)9-5-3-4-6-10(9)18-15(19)13-11-7-8-12(23-11)14(13)16(18)20/h3-8,11-14H,2H2,1H3/t11-,12-,13-,14-/m0/s1. The van der Waals surface area contributed by atoms with Gasteiger partial charge in [-0.15, -0.1) is 0 Å². The van der Waals surface area contributed by atoms with Gasteiger partial charge in [-0.25, -0.2) is 9.69 Å². The van der Waals surface area contributed by atoms with Crippen LogP contribution in [0.5, 0.6) is 0 Å². The first-order valence-electron chi connectivity index (χ1n) is 7.61. The van der Waals surface area contributed by atoms with Gasteiger partial charge in [0.2, 0.25) is 11.8 Å². The summed E-state index contributed by atoms with van der Waals surface area (Å²) in [4.78, 5) is 38.8. The number of carbonyl (C=O) groups excluding carboxylic acids is 3. The molecule has 2 fully saturated rings. The summed E-state index contributed by atoms with van der Waals surface area (Å²) < 4.78 is 10.6. The molecule has 0 aromatic heterocycles. The van der Waals surface area contributed by atoms with Gasteiger partial charge in [0.25, 0.3) is 0 Å². The summed E-state index contributed by atoms with van der Waals surface area (Å²) in [6.45, 7) is 1.93. The Morgan fingerprint density at radius 2 is 1.74 bits per heavy atom. The van der Waals surface area contributed by atoms with Crippen LogP contribution in [0.1, 0.15) is 17.3 Å². The van der Waals surface area contributed by atoms with Crippen molar-refractivity contribution in [3.05, 3.63) is 42.0 Å². The number of anilines is 1. The number of imide groups is 1. The second kappa shape index (κ2) is 5.03. The zero-order valence-corrected chi connectivity index (χ0v) is 12.5. The topological polar surface area (TPSA) is 72.9 Å². The number of hydrogen-bond donors (Lipinski definition) is 0. The third-order valence-corrected chi connectivity index (χ3v) is 4.55. The summed E-state index contributed by atoms with van der Waals surface area (Å²) in [5, 5.41) is 0. The average molecular weight is 313 g/mol. The highest BCUT2D eigenvalue weighted by atomic mass is 16.5. The maximum Gasteiger partial charge on any atom is 0.340 e. The molecule has 2 bridgehead atoms. The van der Waals surface area contributed by atoms with Crippen LogP contribution < -0.4 is 4.90 Å². The molecule has 0 radical (unpaired) electrons. The molecule has 3 aliphatic rings. The van der Waals surface area contributed by atoms with Gasteiger partial charge in [-0.1, -0.05) is 24.3 Å². The van der Waals surface area contributed by atoms with Gasteiger partial charge in [-0.2, -0.15) is 0 Å². The molecule has 0 saturated carbocycles. The molecule has 1 aromatic rings. The van der Waals surface area contributed by atoms with Gasteiger partial charge < -0.3 is 9.47 Å². The number of amides is 2. The maximum absolute atomic E-state index is 12.8. The first-order chi connectivity index (χ1) is 11.1. The Morgan fingerprint density at radius 3 is 2.35 bits per heavy atom. The molecular weight excluding hydrogens is 298 g/mol. The van der Waals surface area contributed by atoms with Gasteiger partial charge in [0.1, 0.15) is 0 Å². The molecule has 0 N–H and O–H groups in total. The van der Waals surface area contributed by atoms with E-state index in [1.807, 2.05) is 12.2 Å². The van der Waals surface area contributed by atoms with E-state index in [0.29, 0.717) is 0 Å². The fourth-order valence-corrected chi connectivity index (χ4v) is 3.59. The molecular formula is C17H15NO5. The molecule has 0 aliphatic carbocycles. The van der Waals surface area contributed by atoms with Gasteiger partial charge in [0.05, 0.1) is 41.9 Å². The summed E-state index contributed by atoms with van der Waals surface area (Å²) in [6, 6.07) is 6.52. The minimum atomic E-state index is -0.543. The van der Waals surface area contributed by atoms with E-state index < -0.39 is 17.8 Å². The van der Waals surface area contributed by atoms with Crippen LogP contribution in [0, 0.1) is 11.8 Å². The zero-order valence-electron chi connectivity index (χ0n) is 12.5. The lowest BCUT2D eigenvalue weighted by molar-refractivity contribution is -0.124. The van der Waals surface area contributed by atoms with E-state index >= 15 is 0 Å². The van der Waals surface area contributed by atoms with Crippen molar-refractivity contribution in [2.45, 2.75) is 19.1 Å². The highest BCUT2D eigenvalue weighted by Gasteiger charge is 2.61. The molecule has 4 rings (SSSR count). The smallest absolute Gasteiger partial charge is 0.340 e. The molecule has 3 aliphatic heterocycles. The minimum absolute atomic E-state index is 0.220. The van der Waals surface area contributed by atoms with Crippen LogP contribution in [0.3, 0.4) is 0 Å². The average Bonchev–Trinajstić information content (AvgIpc) is 3.22. The SMILES string of the molecule is CCOC(=O)c1ccccc1N1C(=O)[C@@H]2[C@@H](C1=O)[C@@H]1C=C[C@@H]2O1. The molecule has 23 heavy (non-hydrogen) atoms. The van der Waals surface area contributed by atoms with Crippen LogP contribution in [0.25, 0.3) is 0 Å². The summed E-state index contributed by atoms with van der Waals surface area (Å²) >= 11 is 0. The van der Waals surface area contributed by atoms with Gasteiger partial charge in [-0.05, 0) is 19.1 Å². The summed E-state index contributed by atoms with van der Waals surface area (Å²) in [6.07, 6.45) is 2.97. The number of rotatable bonds is 3. The second-order valence-corrected chi connectivity index (χ2v) is 5.75. The normalized spacial score (nSPS) is 30.9. The van der Waals surface area contributed by atoms with Crippen LogP contribution in [-0.2, 0) is 19.1 Å². The lowest BCUT2D eigenvalue weighted by atomic mass is 9.85. The van der Waals surface area contributed by atoms with Crippen molar-refractivity contribution in [3.8, 4) is 0 Å². The van der Waals surface area contributed by atoms with Crippen LogP contribution in [0.2, 0.25) is 0 Å². The zero-order chi connectivity index (χ0) is 16.1. The van der Waals surface area contributed by atoms with Crippen LogP contribution >= 0.6 is 0 Å². The van der Waals surface area contributed by atoms with Gasteiger partial charge in [-0.3, -0.25) is 9.59 Å². The number of hydrogen-bond acceptors (Lipinski definition) is 5. The van der Waals surface area contributed by atoms with Crippen molar-refractivity contribution in [1.29, 1.82) is 0 Å². The van der Waals surface area contributed by atoms with Crippen molar-refractivity contribution in [3.63, 3.8) is 0 Å². The lowest BCUT2D eigenvalue weighted by Gasteiger charge is -2.20. The monoisotopic (exact) mass is 313 g/mol. The minimum Gasteiger partial charge on any atom is -0.462 e. The van der Waals surface area contributed by atoms with Gasteiger partial charge >= 0.3 is 5.97 Å². The van der Waals surface area contributed by atoms with Crippen molar-refractivity contribution in [2.24, 2.45) is 11.8 Å². The third kappa shape index (κ3) is 1.88. The third-order valence-electron chi connectivity index (χ3n) is 4.55. The first kappa shape index (κ1) is 14.1. The molecule has 6 nitrogen and oxygen atoms in total. The van der Waals surface area contributed by atoms with Crippen molar-refractivity contribution < 1.29 is 23.9 Å². The molecule has 0 spiro atoms. The molecule has 3 heterocycles. The van der Waals surface area contributed by atoms with E-state index in [9.17, 15) is 14.4 Å². The second-order valence-electron chi connectivity index (χ2n) is 5.75. The molecule has 4 atom stereocenters.